The molecule has 4 aromatic rings. The van der Waals surface area contributed by atoms with Gasteiger partial charge in [-0.2, -0.15) is 0 Å². The second-order valence-corrected chi connectivity index (χ2v) is 7.36. The van der Waals surface area contributed by atoms with Crippen LogP contribution in [-0.4, -0.2) is 45.5 Å². The third-order valence-corrected chi connectivity index (χ3v) is 5.29. The zero-order chi connectivity index (χ0) is 21.8. The van der Waals surface area contributed by atoms with Gasteiger partial charge in [-0.25, -0.2) is 14.5 Å². The van der Waals surface area contributed by atoms with E-state index in [1.54, 1.807) is 25.3 Å². The first-order chi connectivity index (χ1) is 15.1. The maximum Gasteiger partial charge on any atom is 0.266 e. The van der Waals surface area contributed by atoms with Crippen molar-refractivity contribution in [3.63, 3.8) is 0 Å². The van der Waals surface area contributed by atoms with Gasteiger partial charge in [0.1, 0.15) is 0 Å². The van der Waals surface area contributed by atoms with Crippen LogP contribution in [0.25, 0.3) is 17.0 Å². The monoisotopic (exact) mass is 437 g/mol. The number of ether oxygens (including phenoxy) is 2. The second kappa shape index (κ2) is 8.92. The van der Waals surface area contributed by atoms with Crippen molar-refractivity contribution in [2.45, 2.75) is 5.16 Å². The Kier molecular flexibility index (Phi) is 5.89. The Bertz CT molecular complexity index is 1290. The first kappa shape index (κ1) is 20.5. The van der Waals surface area contributed by atoms with Crippen LogP contribution in [0.5, 0.6) is 11.5 Å². The highest BCUT2D eigenvalue weighted by Gasteiger charge is 2.14. The topological polar surface area (TPSA) is 111 Å². The van der Waals surface area contributed by atoms with Gasteiger partial charge in [-0.05, 0) is 12.1 Å². The van der Waals surface area contributed by atoms with Crippen LogP contribution in [0.1, 0.15) is 0 Å². The summed E-state index contributed by atoms with van der Waals surface area (Å²) < 4.78 is 11.9. The number of benzene rings is 2. The molecule has 0 saturated heterocycles. The fraction of sp³-hybridized carbons (Fsp3) is 0.143. The van der Waals surface area contributed by atoms with Crippen LogP contribution >= 0.6 is 11.8 Å². The lowest BCUT2D eigenvalue weighted by atomic mass is 10.2. The number of hydrogen-bond donors (Lipinski definition) is 2. The van der Waals surface area contributed by atoms with Crippen molar-refractivity contribution in [1.29, 1.82) is 0 Å². The largest absolute Gasteiger partial charge is 0.493 e. The van der Waals surface area contributed by atoms with Crippen LogP contribution in [0.4, 0.5) is 5.69 Å². The number of anilines is 1. The molecule has 2 aromatic carbocycles. The molecule has 158 valence electrons. The molecule has 0 atom stereocenters. The van der Waals surface area contributed by atoms with Crippen molar-refractivity contribution >= 4 is 29.0 Å². The van der Waals surface area contributed by atoms with E-state index in [-0.39, 0.29) is 17.2 Å². The number of nitrogens with one attached hydrogen (secondary N) is 2. The molecule has 0 spiro atoms. The zero-order valence-electron chi connectivity index (χ0n) is 16.8. The van der Waals surface area contributed by atoms with E-state index in [1.165, 1.54) is 29.5 Å². The number of aromatic nitrogens is 4. The lowest BCUT2D eigenvalue weighted by Crippen LogP contribution is -2.15. The Labute approximate surface area is 181 Å². The molecule has 0 aliphatic rings. The molecule has 0 bridgehead atoms. The lowest BCUT2D eigenvalue weighted by molar-refractivity contribution is -0.113. The average molecular weight is 437 g/mol. The van der Waals surface area contributed by atoms with E-state index < -0.39 is 0 Å². The van der Waals surface area contributed by atoms with Gasteiger partial charge in [0, 0.05) is 23.4 Å². The molecule has 0 saturated carbocycles. The molecule has 0 aliphatic carbocycles. The zero-order valence-corrected chi connectivity index (χ0v) is 17.6. The SMILES string of the molecule is COc1ccc(NC(=O)CSc2nc(-c3ccccc3)nc3cc(=O)[nH]n23)cc1OC. The highest BCUT2D eigenvalue weighted by atomic mass is 32.2. The number of carbonyl (C=O) groups excluding carboxylic acids is 1. The van der Waals surface area contributed by atoms with Crippen molar-refractivity contribution in [1.82, 2.24) is 19.6 Å². The van der Waals surface area contributed by atoms with E-state index >= 15 is 0 Å². The van der Waals surface area contributed by atoms with Crippen LogP contribution < -0.4 is 20.3 Å². The van der Waals surface area contributed by atoms with E-state index in [4.69, 9.17) is 9.47 Å². The van der Waals surface area contributed by atoms with Crippen LogP contribution in [0.2, 0.25) is 0 Å². The average Bonchev–Trinajstić information content (AvgIpc) is 3.18. The van der Waals surface area contributed by atoms with Crippen molar-refractivity contribution in [2.75, 3.05) is 25.3 Å². The minimum atomic E-state index is -0.295. The van der Waals surface area contributed by atoms with E-state index in [9.17, 15) is 9.59 Å². The Morgan fingerprint density at radius 2 is 1.84 bits per heavy atom. The number of carbonyl (C=O) groups is 1. The third kappa shape index (κ3) is 4.53. The summed E-state index contributed by atoms with van der Waals surface area (Å²) in [5.74, 6) is 1.41. The van der Waals surface area contributed by atoms with Gasteiger partial charge in [0.2, 0.25) is 5.91 Å². The first-order valence-corrected chi connectivity index (χ1v) is 10.3. The molecule has 10 heteroatoms. The minimum absolute atomic E-state index is 0.0783. The van der Waals surface area contributed by atoms with Gasteiger partial charge < -0.3 is 14.8 Å². The molecule has 2 heterocycles. The van der Waals surface area contributed by atoms with E-state index in [2.05, 4.69) is 20.4 Å². The summed E-state index contributed by atoms with van der Waals surface area (Å²) in [4.78, 5) is 33.3. The van der Waals surface area contributed by atoms with Gasteiger partial charge in [0.05, 0.1) is 20.0 Å². The Morgan fingerprint density at radius 1 is 1.06 bits per heavy atom. The molecule has 0 fully saturated rings. The molecule has 0 unspecified atom stereocenters. The summed E-state index contributed by atoms with van der Waals surface area (Å²) in [6.45, 7) is 0. The molecule has 31 heavy (non-hydrogen) atoms. The van der Waals surface area contributed by atoms with Crippen LogP contribution in [0.3, 0.4) is 0 Å². The van der Waals surface area contributed by atoms with Crippen molar-refractivity contribution in [2.24, 2.45) is 0 Å². The van der Waals surface area contributed by atoms with Gasteiger partial charge >= 0.3 is 0 Å². The van der Waals surface area contributed by atoms with Crippen LogP contribution in [-0.2, 0) is 4.79 Å². The molecule has 4 rings (SSSR count). The number of fused-ring (bicyclic) bond motifs is 1. The fourth-order valence-corrected chi connectivity index (χ4v) is 3.69. The van der Waals surface area contributed by atoms with E-state index in [0.717, 1.165) is 5.56 Å². The molecule has 2 N–H and O–H groups in total. The number of hydrogen-bond acceptors (Lipinski definition) is 7. The number of amides is 1. The summed E-state index contributed by atoms with van der Waals surface area (Å²) in [6.07, 6.45) is 0. The van der Waals surface area contributed by atoms with Crippen LogP contribution in [0.15, 0.2) is 64.5 Å². The number of methoxy groups -OCH3 is 2. The maximum atomic E-state index is 12.5. The second-order valence-electron chi connectivity index (χ2n) is 6.42. The first-order valence-electron chi connectivity index (χ1n) is 9.27. The lowest BCUT2D eigenvalue weighted by Gasteiger charge is -2.11. The maximum absolute atomic E-state index is 12.5. The molecular weight excluding hydrogens is 418 g/mol. The smallest absolute Gasteiger partial charge is 0.266 e. The number of thioether (sulfide) groups is 1. The summed E-state index contributed by atoms with van der Waals surface area (Å²) in [6, 6.07) is 15.9. The number of rotatable bonds is 7. The minimum Gasteiger partial charge on any atom is -0.493 e. The number of aromatic amines is 1. The molecule has 2 aromatic heterocycles. The molecule has 0 radical (unpaired) electrons. The summed E-state index contributed by atoms with van der Waals surface area (Å²) in [5.41, 5.74) is 1.53. The van der Waals surface area contributed by atoms with Crippen molar-refractivity contribution in [3.8, 4) is 22.9 Å². The normalized spacial score (nSPS) is 10.8. The Morgan fingerprint density at radius 3 is 2.58 bits per heavy atom. The molecular formula is C21H19N5O4S. The van der Waals surface area contributed by atoms with Gasteiger partial charge in [-0.1, -0.05) is 42.1 Å². The van der Waals surface area contributed by atoms with E-state index in [0.29, 0.717) is 33.8 Å². The summed E-state index contributed by atoms with van der Waals surface area (Å²) in [7, 11) is 3.08. The summed E-state index contributed by atoms with van der Waals surface area (Å²) in [5, 5.41) is 5.93. The Balaban J connectivity index is 1.54. The van der Waals surface area contributed by atoms with Gasteiger partial charge in [0.15, 0.2) is 28.1 Å². The van der Waals surface area contributed by atoms with Crippen molar-refractivity contribution < 1.29 is 14.3 Å². The van der Waals surface area contributed by atoms with E-state index in [1.807, 2.05) is 30.3 Å². The summed E-state index contributed by atoms with van der Waals surface area (Å²) >= 11 is 1.19. The highest BCUT2D eigenvalue weighted by molar-refractivity contribution is 7.99. The van der Waals surface area contributed by atoms with Crippen molar-refractivity contribution in [3.05, 3.63) is 65.0 Å². The number of H-pyrrole nitrogens is 1. The molecule has 1 amide bonds. The quantitative estimate of drug-likeness (QED) is 0.428. The standard InChI is InChI=1S/C21H19N5O4S/c1-29-15-9-8-14(10-16(15)30-2)22-19(28)12-31-21-24-20(13-6-4-3-5-7-13)23-17-11-18(27)25-26(17)21/h3-11H,12H2,1-2H3,(H,22,28)(H,25,27). The predicted octanol–water partition coefficient (Wildman–Crippen LogP) is 2.83. The van der Waals surface area contributed by atoms with Gasteiger partial charge in [0.25, 0.3) is 5.56 Å². The van der Waals surface area contributed by atoms with Gasteiger partial charge in [-0.15, -0.1) is 0 Å². The van der Waals surface area contributed by atoms with Crippen LogP contribution in [0, 0.1) is 0 Å². The van der Waals surface area contributed by atoms with Gasteiger partial charge in [-0.3, -0.25) is 14.7 Å². The Hall–Kier alpha value is -3.79. The third-order valence-electron chi connectivity index (χ3n) is 4.36. The predicted molar refractivity (Wildman–Crippen MR) is 118 cm³/mol. The molecule has 0 aliphatic heterocycles. The molecule has 9 nitrogen and oxygen atoms in total. The number of nitrogens with zero attached hydrogens (tertiary/aromatic N) is 3. The highest BCUT2D eigenvalue weighted by Crippen LogP contribution is 2.30. The fourth-order valence-electron chi connectivity index (χ4n) is 2.94.